The highest BCUT2D eigenvalue weighted by atomic mass is 79.9. The molecule has 1 aromatic heterocycles. The first-order chi connectivity index (χ1) is 8.31. The third-order valence-electron chi connectivity index (χ3n) is 4.28. The van der Waals surface area contributed by atoms with Crippen LogP contribution in [-0.4, -0.2) is 15.7 Å². The van der Waals surface area contributed by atoms with Gasteiger partial charge in [-0.25, -0.2) is 0 Å². The molecule has 1 heterocycles. The summed E-state index contributed by atoms with van der Waals surface area (Å²) in [4.78, 5) is 4.18. The summed E-state index contributed by atoms with van der Waals surface area (Å²) in [5, 5.41) is 10.9. The Hall–Kier alpha value is -0.410. The monoisotopic (exact) mass is 311 g/mol. The molecule has 2 atom stereocenters. The van der Waals surface area contributed by atoms with Crippen molar-refractivity contribution in [2.75, 3.05) is 0 Å². The molecule has 1 saturated carbocycles. The first-order valence-electron chi connectivity index (χ1n) is 6.63. The van der Waals surface area contributed by atoms with Gasteiger partial charge in [0.1, 0.15) is 0 Å². The summed E-state index contributed by atoms with van der Waals surface area (Å²) >= 11 is 3.43. The molecule has 1 N–H and O–H groups in total. The summed E-state index contributed by atoms with van der Waals surface area (Å²) in [7, 11) is 0. The average Bonchev–Trinajstić information content (AvgIpc) is 2.24. The normalized spacial score (nSPS) is 31.3. The molecule has 3 heteroatoms. The molecule has 18 heavy (non-hydrogen) atoms. The molecule has 1 aromatic rings. The predicted octanol–water partition coefficient (Wildman–Crippen LogP) is 3.96. The molecule has 0 bridgehead atoms. The zero-order valence-corrected chi connectivity index (χ0v) is 13.0. The van der Waals surface area contributed by atoms with Crippen LogP contribution in [0.25, 0.3) is 0 Å². The highest BCUT2D eigenvalue weighted by Gasteiger charge is 2.42. The van der Waals surface area contributed by atoms with E-state index >= 15 is 0 Å². The van der Waals surface area contributed by atoms with E-state index in [1.807, 2.05) is 6.20 Å². The fourth-order valence-electron chi connectivity index (χ4n) is 3.09. The number of aliphatic hydroxyl groups is 1. The largest absolute Gasteiger partial charge is 0.389 e. The molecule has 1 aliphatic rings. The lowest BCUT2D eigenvalue weighted by Crippen LogP contribution is -2.45. The van der Waals surface area contributed by atoms with Crippen molar-refractivity contribution in [2.24, 2.45) is 11.3 Å². The van der Waals surface area contributed by atoms with E-state index in [0.717, 1.165) is 29.3 Å². The van der Waals surface area contributed by atoms with Crippen LogP contribution in [-0.2, 0) is 6.42 Å². The quantitative estimate of drug-likeness (QED) is 0.896. The number of rotatable bonds is 2. The van der Waals surface area contributed by atoms with Gasteiger partial charge in [-0.05, 0) is 58.2 Å². The standard InChI is InChI=1S/C15H22BrNO/c1-11-7-14(2,3)4-5-15(11,18)8-12-6-13(16)10-17-9-12/h6,9-11,18H,4-5,7-8H2,1-3H3. The number of hydrogen-bond acceptors (Lipinski definition) is 2. The van der Waals surface area contributed by atoms with E-state index in [-0.39, 0.29) is 0 Å². The van der Waals surface area contributed by atoms with E-state index in [4.69, 9.17) is 0 Å². The van der Waals surface area contributed by atoms with Gasteiger partial charge < -0.3 is 5.11 Å². The molecule has 0 spiro atoms. The van der Waals surface area contributed by atoms with E-state index in [9.17, 15) is 5.11 Å². The molecule has 2 nitrogen and oxygen atoms in total. The Morgan fingerprint density at radius 2 is 2.11 bits per heavy atom. The van der Waals surface area contributed by atoms with Crippen LogP contribution < -0.4 is 0 Å². The smallest absolute Gasteiger partial charge is 0.0714 e. The van der Waals surface area contributed by atoms with Gasteiger partial charge in [-0.15, -0.1) is 0 Å². The van der Waals surface area contributed by atoms with Crippen molar-refractivity contribution in [3.8, 4) is 0 Å². The molecular formula is C15H22BrNO. The Labute approximate surface area is 118 Å². The zero-order chi connectivity index (χ0) is 13.4. The lowest BCUT2D eigenvalue weighted by Gasteiger charge is -2.45. The van der Waals surface area contributed by atoms with Crippen LogP contribution in [0.5, 0.6) is 0 Å². The molecule has 0 aliphatic heterocycles. The van der Waals surface area contributed by atoms with Crippen LogP contribution in [0.4, 0.5) is 0 Å². The van der Waals surface area contributed by atoms with Gasteiger partial charge in [0.25, 0.3) is 0 Å². The van der Waals surface area contributed by atoms with Crippen LogP contribution in [0.15, 0.2) is 22.9 Å². The maximum absolute atomic E-state index is 10.9. The molecule has 0 saturated heterocycles. The van der Waals surface area contributed by atoms with Gasteiger partial charge >= 0.3 is 0 Å². The van der Waals surface area contributed by atoms with E-state index < -0.39 is 5.60 Å². The first-order valence-corrected chi connectivity index (χ1v) is 7.42. The number of pyridine rings is 1. The van der Waals surface area contributed by atoms with Gasteiger partial charge in [-0.3, -0.25) is 4.98 Å². The highest BCUT2D eigenvalue weighted by molar-refractivity contribution is 9.10. The van der Waals surface area contributed by atoms with Crippen molar-refractivity contribution in [1.82, 2.24) is 4.98 Å². The minimum Gasteiger partial charge on any atom is -0.389 e. The number of nitrogens with zero attached hydrogens (tertiary/aromatic N) is 1. The van der Waals surface area contributed by atoms with Crippen molar-refractivity contribution in [2.45, 2.75) is 52.1 Å². The van der Waals surface area contributed by atoms with Crippen molar-refractivity contribution in [3.63, 3.8) is 0 Å². The molecule has 100 valence electrons. The van der Waals surface area contributed by atoms with Crippen molar-refractivity contribution in [1.29, 1.82) is 0 Å². The van der Waals surface area contributed by atoms with Gasteiger partial charge in [-0.2, -0.15) is 0 Å². The average molecular weight is 312 g/mol. The SMILES string of the molecule is CC1CC(C)(C)CCC1(O)Cc1cncc(Br)c1. The van der Waals surface area contributed by atoms with Gasteiger partial charge in [0.15, 0.2) is 0 Å². The Balaban J connectivity index is 2.13. The van der Waals surface area contributed by atoms with Crippen molar-refractivity contribution in [3.05, 3.63) is 28.5 Å². The van der Waals surface area contributed by atoms with E-state index in [2.05, 4.69) is 47.8 Å². The van der Waals surface area contributed by atoms with Crippen LogP contribution >= 0.6 is 15.9 Å². The molecule has 0 amide bonds. The van der Waals surface area contributed by atoms with Crippen molar-refractivity contribution < 1.29 is 5.11 Å². The summed E-state index contributed by atoms with van der Waals surface area (Å²) in [5.41, 5.74) is 0.900. The second kappa shape index (κ2) is 4.93. The van der Waals surface area contributed by atoms with E-state index in [1.54, 1.807) is 6.20 Å². The Bertz CT molecular complexity index is 432. The molecule has 0 radical (unpaired) electrons. The zero-order valence-electron chi connectivity index (χ0n) is 11.4. The van der Waals surface area contributed by atoms with Gasteiger partial charge in [0.2, 0.25) is 0 Å². The maximum Gasteiger partial charge on any atom is 0.0714 e. The summed E-state index contributed by atoms with van der Waals surface area (Å²) in [5.74, 6) is 0.334. The number of halogens is 1. The minimum atomic E-state index is -0.571. The number of aromatic nitrogens is 1. The maximum atomic E-state index is 10.9. The Kier molecular flexibility index (Phi) is 3.84. The second-order valence-electron chi connectivity index (χ2n) is 6.56. The third kappa shape index (κ3) is 3.12. The fraction of sp³-hybridized carbons (Fsp3) is 0.667. The van der Waals surface area contributed by atoms with E-state index in [1.165, 1.54) is 0 Å². The molecule has 1 fully saturated rings. The van der Waals surface area contributed by atoms with Crippen LogP contribution in [0.3, 0.4) is 0 Å². The Morgan fingerprint density at radius 1 is 1.39 bits per heavy atom. The molecule has 0 aromatic carbocycles. The van der Waals surface area contributed by atoms with E-state index in [0.29, 0.717) is 17.8 Å². The highest BCUT2D eigenvalue weighted by Crippen LogP contribution is 2.45. The summed E-state index contributed by atoms with van der Waals surface area (Å²) < 4.78 is 0.979. The predicted molar refractivity (Wildman–Crippen MR) is 77.4 cm³/mol. The summed E-state index contributed by atoms with van der Waals surface area (Å²) in [6.45, 7) is 6.76. The molecule has 2 rings (SSSR count). The first kappa shape index (κ1) is 14.0. The Morgan fingerprint density at radius 3 is 2.72 bits per heavy atom. The van der Waals surface area contributed by atoms with Gasteiger partial charge in [-0.1, -0.05) is 20.8 Å². The fourth-order valence-corrected chi connectivity index (χ4v) is 3.50. The molecule has 1 aliphatic carbocycles. The topological polar surface area (TPSA) is 33.1 Å². The molecule has 2 unspecified atom stereocenters. The van der Waals surface area contributed by atoms with Gasteiger partial charge in [0.05, 0.1) is 5.60 Å². The third-order valence-corrected chi connectivity index (χ3v) is 4.72. The second-order valence-corrected chi connectivity index (χ2v) is 7.48. The van der Waals surface area contributed by atoms with Crippen LogP contribution in [0, 0.1) is 11.3 Å². The van der Waals surface area contributed by atoms with Crippen LogP contribution in [0.1, 0.15) is 45.6 Å². The van der Waals surface area contributed by atoms with Crippen molar-refractivity contribution >= 4 is 15.9 Å². The lowest BCUT2D eigenvalue weighted by atomic mass is 9.64. The minimum absolute atomic E-state index is 0.334. The van der Waals surface area contributed by atoms with Gasteiger partial charge in [0, 0.05) is 23.3 Å². The summed E-state index contributed by atoms with van der Waals surface area (Å²) in [6.07, 6.45) is 7.40. The van der Waals surface area contributed by atoms with Crippen LogP contribution in [0.2, 0.25) is 0 Å². The molecular weight excluding hydrogens is 290 g/mol. The summed E-state index contributed by atoms with van der Waals surface area (Å²) in [6, 6.07) is 2.05. The number of hydrogen-bond donors (Lipinski definition) is 1. The lowest BCUT2D eigenvalue weighted by molar-refractivity contribution is -0.0704.